The molecule has 1 aromatic rings. The summed E-state index contributed by atoms with van der Waals surface area (Å²) in [5.41, 5.74) is 0. The molecular formula is C10H16ClN3OS. The molecule has 2 heterocycles. The lowest BCUT2D eigenvalue weighted by molar-refractivity contribution is 0.209. The molecule has 0 bridgehead atoms. The van der Waals surface area contributed by atoms with E-state index >= 15 is 0 Å². The minimum Gasteiger partial charge on any atom is -0.396 e. The summed E-state index contributed by atoms with van der Waals surface area (Å²) in [5, 5.41) is 17.7. The van der Waals surface area contributed by atoms with Crippen LogP contribution in [0.2, 0.25) is 4.47 Å². The van der Waals surface area contributed by atoms with Crippen LogP contribution in [0, 0.1) is 0 Å². The molecule has 1 fully saturated rings. The first-order chi connectivity index (χ1) is 7.79. The molecule has 1 atom stereocenters. The molecular weight excluding hydrogens is 246 g/mol. The van der Waals surface area contributed by atoms with Gasteiger partial charge in [0.25, 0.3) is 0 Å². The van der Waals surface area contributed by atoms with E-state index in [1.807, 2.05) is 0 Å². The Morgan fingerprint density at radius 1 is 1.50 bits per heavy atom. The molecule has 0 amide bonds. The van der Waals surface area contributed by atoms with Crippen LogP contribution in [0.3, 0.4) is 0 Å². The summed E-state index contributed by atoms with van der Waals surface area (Å²) in [5.74, 6) is 0. The van der Waals surface area contributed by atoms with Gasteiger partial charge in [-0.3, -0.25) is 4.90 Å². The highest BCUT2D eigenvalue weighted by molar-refractivity contribution is 7.15. The van der Waals surface area contributed by atoms with Crippen LogP contribution in [0.25, 0.3) is 0 Å². The Hall–Kier alpha value is -0.230. The number of hydrogen-bond donors (Lipinski definition) is 1. The molecule has 0 spiro atoms. The summed E-state index contributed by atoms with van der Waals surface area (Å²) in [6.45, 7) is 2.25. The predicted molar refractivity (Wildman–Crippen MR) is 64.7 cm³/mol. The minimum atomic E-state index is 0.287. The molecule has 1 unspecified atom stereocenters. The van der Waals surface area contributed by atoms with Crippen LogP contribution in [0.1, 0.15) is 30.7 Å². The number of aromatic nitrogens is 2. The van der Waals surface area contributed by atoms with Gasteiger partial charge in [-0.15, -0.1) is 10.2 Å². The number of likely N-dealkylation sites (tertiary alicyclic amines) is 1. The van der Waals surface area contributed by atoms with Crippen molar-refractivity contribution in [2.75, 3.05) is 13.2 Å². The van der Waals surface area contributed by atoms with Crippen molar-refractivity contribution in [3.63, 3.8) is 0 Å². The molecule has 16 heavy (non-hydrogen) atoms. The van der Waals surface area contributed by atoms with E-state index in [1.54, 1.807) is 0 Å². The highest BCUT2D eigenvalue weighted by Gasteiger charge is 2.24. The highest BCUT2D eigenvalue weighted by Crippen LogP contribution is 2.25. The Kier molecular flexibility index (Phi) is 4.52. The smallest absolute Gasteiger partial charge is 0.207 e. The SMILES string of the molecule is OCCCC1CCCN1Cc1nnc(Cl)s1. The lowest BCUT2D eigenvalue weighted by Crippen LogP contribution is -2.29. The van der Waals surface area contributed by atoms with Gasteiger partial charge < -0.3 is 5.11 Å². The van der Waals surface area contributed by atoms with Crippen LogP contribution >= 0.6 is 22.9 Å². The van der Waals surface area contributed by atoms with Crippen LogP contribution in [-0.4, -0.2) is 39.4 Å². The van der Waals surface area contributed by atoms with Gasteiger partial charge >= 0.3 is 0 Å². The maximum absolute atomic E-state index is 8.85. The fraction of sp³-hybridized carbons (Fsp3) is 0.800. The summed E-state index contributed by atoms with van der Waals surface area (Å²) in [4.78, 5) is 2.42. The van der Waals surface area contributed by atoms with Gasteiger partial charge in [-0.25, -0.2) is 0 Å². The Balaban J connectivity index is 1.88. The van der Waals surface area contributed by atoms with Crippen LogP contribution in [0.15, 0.2) is 0 Å². The number of aliphatic hydroxyl groups is 1. The van der Waals surface area contributed by atoms with E-state index in [-0.39, 0.29) is 6.61 Å². The molecule has 90 valence electrons. The van der Waals surface area contributed by atoms with Gasteiger partial charge in [0.2, 0.25) is 4.47 Å². The topological polar surface area (TPSA) is 49.2 Å². The molecule has 1 N–H and O–H groups in total. The number of hydrogen-bond acceptors (Lipinski definition) is 5. The predicted octanol–water partition coefficient (Wildman–Crippen LogP) is 1.93. The maximum atomic E-state index is 8.85. The molecule has 0 aliphatic carbocycles. The molecule has 4 nitrogen and oxygen atoms in total. The first-order valence-corrected chi connectivity index (χ1v) is 6.82. The number of nitrogens with zero attached hydrogens (tertiary/aromatic N) is 3. The normalized spacial score (nSPS) is 21.8. The third-order valence-electron chi connectivity index (χ3n) is 2.98. The summed E-state index contributed by atoms with van der Waals surface area (Å²) >= 11 is 7.21. The molecule has 0 aromatic carbocycles. The second kappa shape index (κ2) is 5.91. The molecule has 2 rings (SSSR count). The molecule has 1 saturated heterocycles. The minimum absolute atomic E-state index is 0.287. The zero-order chi connectivity index (χ0) is 11.4. The highest BCUT2D eigenvalue weighted by atomic mass is 35.5. The van der Waals surface area contributed by atoms with Crippen molar-refractivity contribution in [2.45, 2.75) is 38.3 Å². The second-order valence-electron chi connectivity index (χ2n) is 4.08. The standard InChI is InChI=1S/C10H16ClN3OS/c11-10-13-12-9(16-10)7-14-5-1-3-8(14)4-2-6-15/h8,15H,1-7H2. The average molecular weight is 262 g/mol. The van der Waals surface area contributed by atoms with Crippen molar-refractivity contribution < 1.29 is 5.11 Å². The molecule has 1 aliphatic heterocycles. The van der Waals surface area contributed by atoms with Crippen molar-refractivity contribution in [1.29, 1.82) is 0 Å². The summed E-state index contributed by atoms with van der Waals surface area (Å²) in [6.07, 6.45) is 4.43. The van der Waals surface area contributed by atoms with E-state index in [2.05, 4.69) is 15.1 Å². The average Bonchev–Trinajstić information content (AvgIpc) is 2.86. The molecule has 1 aliphatic rings. The van der Waals surface area contributed by atoms with Crippen LogP contribution in [0.5, 0.6) is 0 Å². The third-order valence-corrected chi connectivity index (χ3v) is 3.98. The Morgan fingerprint density at radius 2 is 2.38 bits per heavy atom. The first-order valence-electron chi connectivity index (χ1n) is 5.62. The second-order valence-corrected chi connectivity index (χ2v) is 5.73. The van der Waals surface area contributed by atoms with Crippen molar-refractivity contribution in [3.05, 3.63) is 9.47 Å². The zero-order valence-corrected chi connectivity index (χ0v) is 10.7. The van der Waals surface area contributed by atoms with E-state index in [4.69, 9.17) is 16.7 Å². The Bertz CT molecular complexity index is 334. The van der Waals surface area contributed by atoms with Gasteiger partial charge in [-0.2, -0.15) is 0 Å². The van der Waals surface area contributed by atoms with E-state index in [0.29, 0.717) is 10.5 Å². The molecule has 0 saturated carbocycles. The number of aliphatic hydroxyl groups excluding tert-OH is 1. The van der Waals surface area contributed by atoms with Gasteiger partial charge in [0.05, 0.1) is 6.54 Å². The van der Waals surface area contributed by atoms with E-state index in [9.17, 15) is 0 Å². The van der Waals surface area contributed by atoms with Gasteiger partial charge in [0, 0.05) is 12.6 Å². The van der Waals surface area contributed by atoms with Crippen molar-refractivity contribution in [1.82, 2.24) is 15.1 Å². The van der Waals surface area contributed by atoms with Gasteiger partial charge in [-0.1, -0.05) is 11.3 Å². The zero-order valence-electron chi connectivity index (χ0n) is 9.10. The number of halogens is 1. The van der Waals surface area contributed by atoms with Gasteiger partial charge in [0.1, 0.15) is 5.01 Å². The summed E-state index contributed by atoms with van der Waals surface area (Å²) in [6, 6.07) is 0.592. The quantitative estimate of drug-likeness (QED) is 0.880. The molecule has 1 aromatic heterocycles. The Labute approximate surface area is 104 Å². The van der Waals surface area contributed by atoms with Crippen molar-refractivity contribution >= 4 is 22.9 Å². The number of rotatable bonds is 5. The molecule has 0 radical (unpaired) electrons. The summed E-state index contributed by atoms with van der Waals surface area (Å²) in [7, 11) is 0. The van der Waals surface area contributed by atoms with Crippen LogP contribution in [-0.2, 0) is 6.54 Å². The van der Waals surface area contributed by atoms with E-state index in [1.165, 1.54) is 24.2 Å². The monoisotopic (exact) mass is 261 g/mol. The largest absolute Gasteiger partial charge is 0.396 e. The van der Waals surface area contributed by atoms with Gasteiger partial charge in [0.15, 0.2) is 0 Å². The third kappa shape index (κ3) is 3.13. The summed E-state index contributed by atoms with van der Waals surface area (Å²) < 4.78 is 0.515. The lowest BCUT2D eigenvalue weighted by atomic mass is 10.1. The molecule has 6 heteroatoms. The van der Waals surface area contributed by atoms with Crippen LogP contribution in [0.4, 0.5) is 0 Å². The maximum Gasteiger partial charge on any atom is 0.207 e. The fourth-order valence-electron chi connectivity index (χ4n) is 2.23. The van der Waals surface area contributed by atoms with Crippen molar-refractivity contribution in [3.8, 4) is 0 Å². The van der Waals surface area contributed by atoms with Gasteiger partial charge in [-0.05, 0) is 43.8 Å². The van der Waals surface area contributed by atoms with Crippen LogP contribution < -0.4 is 0 Å². The van der Waals surface area contributed by atoms with E-state index < -0.39 is 0 Å². The van der Waals surface area contributed by atoms with Crippen molar-refractivity contribution in [2.24, 2.45) is 0 Å². The Morgan fingerprint density at radius 3 is 3.06 bits per heavy atom. The van der Waals surface area contributed by atoms with E-state index in [0.717, 1.165) is 30.9 Å². The lowest BCUT2D eigenvalue weighted by Gasteiger charge is -2.22. The first kappa shape index (κ1) is 12.2. The fourth-order valence-corrected chi connectivity index (χ4v) is 3.12.